The van der Waals surface area contributed by atoms with Gasteiger partial charge in [-0.15, -0.1) is 0 Å². The number of ketones is 1. The third kappa shape index (κ3) is 3.34. The number of ether oxygens (including phenoxy) is 2. The first-order valence-electron chi connectivity index (χ1n) is 9.12. The molecule has 0 aromatic heterocycles. The van der Waals surface area contributed by atoms with Crippen molar-refractivity contribution in [3.8, 4) is 0 Å². The van der Waals surface area contributed by atoms with Crippen LogP contribution >= 0.6 is 0 Å². The third-order valence-electron chi connectivity index (χ3n) is 5.81. The number of carbonyl (C=O) groups excluding carboxylic acids is 3. The molecule has 0 radical (unpaired) electrons. The van der Waals surface area contributed by atoms with Crippen LogP contribution in [-0.2, 0) is 23.9 Å². The number of hydrogen-bond acceptors (Lipinski definition) is 6. The molecule has 1 heterocycles. The van der Waals surface area contributed by atoms with E-state index in [9.17, 15) is 19.5 Å². The average Bonchev–Trinajstić information content (AvgIpc) is 2.84. The van der Waals surface area contributed by atoms with Crippen LogP contribution in [0.4, 0.5) is 0 Å². The van der Waals surface area contributed by atoms with Gasteiger partial charge in [0.25, 0.3) is 0 Å². The quantitative estimate of drug-likeness (QED) is 0.608. The second-order valence-corrected chi connectivity index (χ2v) is 7.32. The molecule has 144 valence electrons. The first-order valence-corrected chi connectivity index (χ1v) is 9.12. The van der Waals surface area contributed by atoms with Gasteiger partial charge in [-0.3, -0.25) is 9.59 Å². The molecule has 1 saturated heterocycles. The normalized spacial score (nSPS) is 37.8. The fraction of sp³-hybridized carbons (Fsp3) is 0.650. The van der Waals surface area contributed by atoms with Crippen LogP contribution in [0.5, 0.6) is 0 Å². The van der Waals surface area contributed by atoms with E-state index in [0.29, 0.717) is 18.4 Å². The largest absolute Gasteiger partial charge is 0.458 e. The van der Waals surface area contributed by atoms with Crippen LogP contribution in [0.1, 0.15) is 47.5 Å². The summed E-state index contributed by atoms with van der Waals surface area (Å²) in [5.74, 6) is -2.59. The molecular weight excluding hydrogens is 336 g/mol. The molecule has 26 heavy (non-hydrogen) atoms. The van der Waals surface area contributed by atoms with Crippen LogP contribution in [-0.4, -0.2) is 40.6 Å². The van der Waals surface area contributed by atoms with Crippen LogP contribution in [0.3, 0.4) is 0 Å². The van der Waals surface area contributed by atoms with Crippen molar-refractivity contribution >= 4 is 17.7 Å². The van der Waals surface area contributed by atoms with Gasteiger partial charge in [0.1, 0.15) is 6.10 Å². The summed E-state index contributed by atoms with van der Waals surface area (Å²) >= 11 is 0. The molecule has 1 N–H and O–H groups in total. The van der Waals surface area contributed by atoms with Crippen molar-refractivity contribution in [1.29, 1.82) is 0 Å². The summed E-state index contributed by atoms with van der Waals surface area (Å²) in [6.07, 6.45) is 3.46. The summed E-state index contributed by atoms with van der Waals surface area (Å²) in [7, 11) is 0. The van der Waals surface area contributed by atoms with E-state index >= 15 is 0 Å². The number of allylic oxidation sites excluding steroid dienone is 2. The molecular formula is C20H28O6. The maximum Gasteiger partial charge on any atom is 0.333 e. The van der Waals surface area contributed by atoms with E-state index in [2.05, 4.69) is 0 Å². The first-order chi connectivity index (χ1) is 12.2. The van der Waals surface area contributed by atoms with E-state index in [1.165, 1.54) is 12.2 Å². The highest BCUT2D eigenvalue weighted by Gasteiger charge is 2.60. The number of rotatable bonds is 4. The van der Waals surface area contributed by atoms with Gasteiger partial charge in [-0.2, -0.15) is 0 Å². The molecule has 0 amide bonds. The van der Waals surface area contributed by atoms with Crippen molar-refractivity contribution in [3.05, 3.63) is 23.8 Å². The number of esters is 2. The van der Waals surface area contributed by atoms with Gasteiger partial charge >= 0.3 is 11.9 Å². The number of hydrogen-bond donors (Lipinski definition) is 1. The third-order valence-corrected chi connectivity index (χ3v) is 5.81. The molecule has 1 aliphatic carbocycles. The van der Waals surface area contributed by atoms with Gasteiger partial charge in [-0.05, 0) is 45.6 Å². The molecule has 0 aromatic rings. The monoisotopic (exact) mass is 364 g/mol. The van der Waals surface area contributed by atoms with Crippen LogP contribution in [0.15, 0.2) is 23.8 Å². The molecule has 2 aliphatic rings. The molecule has 1 aliphatic heterocycles. The Morgan fingerprint density at radius 2 is 1.92 bits per heavy atom. The lowest BCUT2D eigenvalue weighted by Gasteiger charge is -2.38. The van der Waals surface area contributed by atoms with E-state index in [1.54, 1.807) is 40.7 Å². The molecule has 1 saturated carbocycles. The lowest BCUT2D eigenvalue weighted by atomic mass is 9.77. The first kappa shape index (κ1) is 20.4. The van der Waals surface area contributed by atoms with Crippen molar-refractivity contribution in [2.24, 2.45) is 17.8 Å². The fourth-order valence-corrected chi connectivity index (χ4v) is 3.83. The Morgan fingerprint density at radius 1 is 1.27 bits per heavy atom. The molecule has 2 fully saturated rings. The fourth-order valence-electron chi connectivity index (χ4n) is 3.83. The molecule has 0 unspecified atom stereocenters. The van der Waals surface area contributed by atoms with E-state index in [0.717, 1.165) is 0 Å². The van der Waals surface area contributed by atoms with Crippen molar-refractivity contribution < 1.29 is 29.0 Å². The van der Waals surface area contributed by atoms with Gasteiger partial charge < -0.3 is 14.6 Å². The van der Waals surface area contributed by atoms with Crippen LogP contribution in [0, 0.1) is 17.8 Å². The molecule has 6 nitrogen and oxygen atoms in total. The Morgan fingerprint density at radius 3 is 2.50 bits per heavy atom. The van der Waals surface area contributed by atoms with E-state index in [1.807, 2.05) is 0 Å². The highest BCUT2D eigenvalue weighted by molar-refractivity contribution is 5.98. The van der Waals surface area contributed by atoms with Gasteiger partial charge in [0.2, 0.25) is 0 Å². The number of carbonyl (C=O) groups is 3. The Hall–Kier alpha value is -1.95. The lowest BCUT2D eigenvalue weighted by Crippen LogP contribution is -2.59. The van der Waals surface area contributed by atoms with Gasteiger partial charge in [-0.1, -0.05) is 26.0 Å². The molecule has 0 aromatic carbocycles. The molecule has 0 bridgehead atoms. The van der Waals surface area contributed by atoms with Gasteiger partial charge in [0.15, 0.2) is 17.5 Å². The Balaban J connectivity index is 2.53. The topological polar surface area (TPSA) is 89.9 Å². The summed E-state index contributed by atoms with van der Waals surface area (Å²) in [5.41, 5.74) is -1.59. The van der Waals surface area contributed by atoms with Gasteiger partial charge in [0.05, 0.1) is 5.92 Å². The van der Waals surface area contributed by atoms with Crippen LogP contribution in [0.25, 0.3) is 0 Å². The standard InChI is InChI=1S/C20H28O6/c1-6-8-15(21)20(24)12(4)9-10-14-13(5)19(23)25-16(14)17(20)26-18(22)11(3)7-2/h6-8,12-14,16-17,24H,9-10H2,1-5H3/b8-6+,11-7-/t12-,13+,14-,16+,17-,20+/m0/s1. The number of aliphatic hydroxyl groups is 1. The van der Waals surface area contributed by atoms with Crippen LogP contribution in [0.2, 0.25) is 0 Å². The average molecular weight is 364 g/mol. The Labute approximate surface area is 154 Å². The maximum atomic E-state index is 12.8. The summed E-state index contributed by atoms with van der Waals surface area (Å²) < 4.78 is 11.1. The lowest BCUT2D eigenvalue weighted by molar-refractivity contribution is -0.192. The Kier molecular flexibility index (Phi) is 6.06. The van der Waals surface area contributed by atoms with Crippen molar-refractivity contribution in [3.63, 3.8) is 0 Å². The minimum atomic E-state index is -1.94. The van der Waals surface area contributed by atoms with Crippen molar-refractivity contribution in [2.75, 3.05) is 0 Å². The summed E-state index contributed by atoms with van der Waals surface area (Å²) in [5, 5.41) is 11.4. The van der Waals surface area contributed by atoms with E-state index in [-0.39, 0.29) is 17.8 Å². The summed E-state index contributed by atoms with van der Waals surface area (Å²) in [6, 6.07) is 0. The van der Waals surface area contributed by atoms with Crippen LogP contribution < -0.4 is 0 Å². The van der Waals surface area contributed by atoms with Crippen molar-refractivity contribution in [2.45, 2.75) is 65.3 Å². The summed E-state index contributed by atoms with van der Waals surface area (Å²) in [6.45, 7) is 8.50. The minimum Gasteiger partial charge on any atom is -0.458 e. The second kappa shape index (κ2) is 7.74. The number of fused-ring (bicyclic) bond motifs is 1. The Bertz CT molecular complexity index is 649. The maximum absolute atomic E-state index is 12.8. The zero-order chi connectivity index (χ0) is 19.6. The zero-order valence-corrected chi connectivity index (χ0v) is 16.0. The smallest absolute Gasteiger partial charge is 0.333 e. The zero-order valence-electron chi connectivity index (χ0n) is 16.0. The predicted molar refractivity (Wildman–Crippen MR) is 95.0 cm³/mol. The van der Waals surface area contributed by atoms with Crippen molar-refractivity contribution in [1.82, 2.24) is 0 Å². The second-order valence-electron chi connectivity index (χ2n) is 7.32. The van der Waals surface area contributed by atoms with Gasteiger partial charge in [0, 0.05) is 11.5 Å². The minimum absolute atomic E-state index is 0.207. The van der Waals surface area contributed by atoms with E-state index in [4.69, 9.17) is 9.47 Å². The highest BCUT2D eigenvalue weighted by Crippen LogP contribution is 2.45. The SMILES string of the molecule is C/C=C(/C)C(=O)O[C@H]1[C@@H]2OC(=O)[C@H](C)[C@@H]2CC[C@H](C)[C@@]1(O)C(=O)/C=C/C. The van der Waals surface area contributed by atoms with E-state index < -0.39 is 35.5 Å². The highest BCUT2D eigenvalue weighted by atomic mass is 16.6. The molecule has 0 spiro atoms. The van der Waals surface area contributed by atoms with Gasteiger partial charge in [-0.25, -0.2) is 4.79 Å². The molecule has 6 heteroatoms. The predicted octanol–water partition coefficient (Wildman–Crippen LogP) is 2.35. The summed E-state index contributed by atoms with van der Waals surface area (Å²) in [4.78, 5) is 37.3. The molecule has 2 rings (SSSR count). The molecule has 6 atom stereocenters.